The molecule has 0 spiro atoms. The molecule has 120 valence electrons. The minimum absolute atomic E-state index is 0.286. The highest BCUT2D eigenvalue weighted by atomic mass is 16.5. The van der Waals surface area contributed by atoms with Crippen molar-refractivity contribution in [3.8, 4) is 11.3 Å². The second-order valence-electron chi connectivity index (χ2n) is 6.13. The van der Waals surface area contributed by atoms with Gasteiger partial charge in [0.2, 0.25) is 5.95 Å². The van der Waals surface area contributed by atoms with E-state index in [0.717, 1.165) is 43.1 Å². The van der Waals surface area contributed by atoms with Crippen LogP contribution in [0.1, 0.15) is 25.7 Å². The number of hydrogen-bond donors (Lipinski definition) is 2. The van der Waals surface area contributed by atoms with Crippen molar-refractivity contribution in [2.45, 2.75) is 37.8 Å². The Labute approximate surface area is 135 Å². The van der Waals surface area contributed by atoms with Crippen LogP contribution < -0.4 is 10.6 Å². The van der Waals surface area contributed by atoms with Crippen molar-refractivity contribution in [3.05, 3.63) is 30.6 Å². The second-order valence-corrected chi connectivity index (χ2v) is 6.13. The molecule has 1 aliphatic carbocycles. The van der Waals surface area contributed by atoms with Gasteiger partial charge in [0.15, 0.2) is 0 Å². The first-order valence-electron chi connectivity index (χ1n) is 8.28. The predicted octanol–water partition coefficient (Wildman–Crippen LogP) is 2.70. The molecule has 1 atom stereocenters. The maximum absolute atomic E-state index is 5.66. The molecule has 6 nitrogen and oxygen atoms in total. The lowest BCUT2D eigenvalue weighted by Crippen LogP contribution is -2.19. The summed E-state index contributed by atoms with van der Waals surface area (Å²) in [5.41, 5.74) is 1.95. The van der Waals surface area contributed by atoms with Crippen LogP contribution in [-0.4, -0.2) is 40.2 Å². The third-order valence-corrected chi connectivity index (χ3v) is 4.15. The van der Waals surface area contributed by atoms with Gasteiger partial charge in [-0.1, -0.05) is 0 Å². The predicted molar refractivity (Wildman–Crippen MR) is 89.4 cm³/mol. The van der Waals surface area contributed by atoms with Crippen LogP contribution in [0.5, 0.6) is 0 Å². The fourth-order valence-electron chi connectivity index (χ4n) is 2.71. The van der Waals surface area contributed by atoms with Crippen molar-refractivity contribution < 1.29 is 4.74 Å². The summed E-state index contributed by atoms with van der Waals surface area (Å²) in [5.74, 6) is 1.53. The number of hydrogen-bond acceptors (Lipinski definition) is 6. The SMILES string of the molecule is c1cc(-c2cc(NC[C@@H]3CCCO3)nc(NC3CC3)n2)ccn1. The molecule has 2 N–H and O–H groups in total. The van der Waals surface area contributed by atoms with Gasteiger partial charge in [-0.15, -0.1) is 0 Å². The second kappa shape index (κ2) is 6.50. The molecule has 1 saturated carbocycles. The average molecular weight is 311 g/mol. The van der Waals surface area contributed by atoms with E-state index >= 15 is 0 Å². The monoisotopic (exact) mass is 311 g/mol. The van der Waals surface area contributed by atoms with Gasteiger partial charge in [-0.2, -0.15) is 4.98 Å². The van der Waals surface area contributed by atoms with Crippen molar-refractivity contribution in [2.75, 3.05) is 23.8 Å². The largest absolute Gasteiger partial charge is 0.376 e. The molecule has 1 aliphatic heterocycles. The van der Waals surface area contributed by atoms with Crippen molar-refractivity contribution in [3.63, 3.8) is 0 Å². The minimum atomic E-state index is 0.286. The van der Waals surface area contributed by atoms with Crippen molar-refractivity contribution >= 4 is 11.8 Å². The van der Waals surface area contributed by atoms with Gasteiger partial charge >= 0.3 is 0 Å². The standard InChI is InChI=1S/C17H21N5O/c1-2-14(23-9-1)11-19-16-10-15(12-5-7-18-8-6-12)21-17(22-16)20-13-3-4-13/h5-8,10,13-14H,1-4,9,11H2,(H2,19,20,21,22)/t14-/m0/s1. The van der Waals surface area contributed by atoms with Crippen LogP contribution in [0.15, 0.2) is 30.6 Å². The first kappa shape index (κ1) is 14.4. The van der Waals surface area contributed by atoms with E-state index in [-0.39, 0.29) is 6.10 Å². The topological polar surface area (TPSA) is 72.0 Å². The summed E-state index contributed by atoms with van der Waals surface area (Å²) in [6.07, 6.45) is 8.50. The molecule has 2 aromatic heterocycles. The first-order chi connectivity index (χ1) is 11.4. The van der Waals surface area contributed by atoms with Gasteiger partial charge in [-0.05, 0) is 37.8 Å². The minimum Gasteiger partial charge on any atom is -0.376 e. The van der Waals surface area contributed by atoms with E-state index in [1.807, 2.05) is 18.2 Å². The molecule has 0 radical (unpaired) electrons. The number of aromatic nitrogens is 3. The number of ether oxygens (including phenoxy) is 1. The Morgan fingerprint density at radius 1 is 1.13 bits per heavy atom. The summed E-state index contributed by atoms with van der Waals surface area (Å²) in [4.78, 5) is 13.3. The number of nitrogens with one attached hydrogen (secondary N) is 2. The molecule has 2 aromatic rings. The van der Waals surface area contributed by atoms with Gasteiger partial charge < -0.3 is 15.4 Å². The Morgan fingerprint density at radius 2 is 2.00 bits per heavy atom. The number of pyridine rings is 1. The van der Waals surface area contributed by atoms with E-state index in [2.05, 4.69) is 25.6 Å². The van der Waals surface area contributed by atoms with Crippen molar-refractivity contribution in [1.29, 1.82) is 0 Å². The maximum Gasteiger partial charge on any atom is 0.225 e. The lowest BCUT2D eigenvalue weighted by molar-refractivity contribution is 0.120. The van der Waals surface area contributed by atoms with E-state index in [1.54, 1.807) is 12.4 Å². The van der Waals surface area contributed by atoms with E-state index < -0.39 is 0 Å². The van der Waals surface area contributed by atoms with Crippen LogP contribution in [0.2, 0.25) is 0 Å². The summed E-state index contributed by atoms with van der Waals surface area (Å²) in [7, 11) is 0. The normalized spacial score (nSPS) is 20.4. The lowest BCUT2D eigenvalue weighted by Gasteiger charge is -2.13. The molecule has 6 heteroatoms. The molecule has 1 saturated heterocycles. The third-order valence-electron chi connectivity index (χ3n) is 4.15. The molecule has 0 bridgehead atoms. The highest BCUT2D eigenvalue weighted by Gasteiger charge is 2.22. The summed E-state index contributed by atoms with van der Waals surface area (Å²) >= 11 is 0. The first-order valence-corrected chi connectivity index (χ1v) is 8.28. The molecule has 0 amide bonds. The van der Waals surface area contributed by atoms with Gasteiger partial charge in [0.05, 0.1) is 11.8 Å². The molecular formula is C17H21N5O. The zero-order valence-corrected chi connectivity index (χ0v) is 13.0. The van der Waals surface area contributed by atoms with Gasteiger partial charge in [-0.3, -0.25) is 4.98 Å². The quantitative estimate of drug-likeness (QED) is 0.854. The van der Waals surface area contributed by atoms with Gasteiger partial charge in [0.1, 0.15) is 5.82 Å². The molecule has 4 rings (SSSR count). The fraction of sp³-hybridized carbons (Fsp3) is 0.471. The van der Waals surface area contributed by atoms with Gasteiger partial charge in [0, 0.05) is 43.2 Å². The third kappa shape index (κ3) is 3.76. The Kier molecular flexibility index (Phi) is 4.06. The molecular weight excluding hydrogens is 290 g/mol. The van der Waals surface area contributed by atoms with Crippen LogP contribution in [0.4, 0.5) is 11.8 Å². The smallest absolute Gasteiger partial charge is 0.225 e. The molecule has 0 aromatic carbocycles. The van der Waals surface area contributed by atoms with Crippen molar-refractivity contribution in [1.82, 2.24) is 15.0 Å². The Morgan fingerprint density at radius 3 is 2.74 bits per heavy atom. The van der Waals surface area contributed by atoms with Crippen molar-refractivity contribution in [2.24, 2.45) is 0 Å². The molecule has 2 aliphatic rings. The molecule has 3 heterocycles. The van der Waals surface area contributed by atoms with Crippen LogP contribution in [0.25, 0.3) is 11.3 Å². The highest BCUT2D eigenvalue weighted by Crippen LogP contribution is 2.26. The van der Waals surface area contributed by atoms with Crippen LogP contribution >= 0.6 is 0 Å². The lowest BCUT2D eigenvalue weighted by atomic mass is 10.2. The number of nitrogens with zero attached hydrogens (tertiary/aromatic N) is 3. The Balaban J connectivity index is 1.55. The zero-order chi connectivity index (χ0) is 15.5. The molecule has 2 fully saturated rings. The van der Waals surface area contributed by atoms with E-state index in [0.29, 0.717) is 12.0 Å². The summed E-state index contributed by atoms with van der Waals surface area (Å²) in [6, 6.07) is 6.44. The summed E-state index contributed by atoms with van der Waals surface area (Å²) < 4.78 is 5.66. The molecule has 0 unspecified atom stereocenters. The van der Waals surface area contributed by atoms with Crippen LogP contribution in [-0.2, 0) is 4.74 Å². The van der Waals surface area contributed by atoms with E-state index in [4.69, 9.17) is 4.74 Å². The zero-order valence-electron chi connectivity index (χ0n) is 13.0. The van der Waals surface area contributed by atoms with E-state index in [9.17, 15) is 0 Å². The Bertz CT molecular complexity index is 653. The van der Waals surface area contributed by atoms with Gasteiger partial charge in [-0.25, -0.2) is 4.98 Å². The van der Waals surface area contributed by atoms with Crippen LogP contribution in [0.3, 0.4) is 0 Å². The fourth-order valence-corrected chi connectivity index (χ4v) is 2.71. The highest BCUT2D eigenvalue weighted by molar-refractivity contribution is 5.64. The summed E-state index contributed by atoms with van der Waals surface area (Å²) in [6.45, 7) is 1.66. The van der Waals surface area contributed by atoms with Gasteiger partial charge in [0.25, 0.3) is 0 Å². The number of rotatable bonds is 6. The number of anilines is 2. The Hall–Kier alpha value is -2.21. The average Bonchev–Trinajstić information content (AvgIpc) is 3.25. The molecule has 23 heavy (non-hydrogen) atoms. The maximum atomic E-state index is 5.66. The van der Waals surface area contributed by atoms with Crippen LogP contribution in [0, 0.1) is 0 Å². The van der Waals surface area contributed by atoms with E-state index in [1.165, 1.54) is 12.8 Å². The summed E-state index contributed by atoms with van der Waals surface area (Å²) in [5, 5.41) is 6.78.